The van der Waals surface area contributed by atoms with Crippen LogP contribution < -0.4 is 9.80 Å². The molecule has 34 heavy (non-hydrogen) atoms. The molecule has 0 radical (unpaired) electrons. The van der Waals surface area contributed by atoms with E-state index in [1.54, 1.807) is 17.0 Å². The van der Waals surface area contributed by atoms with Crippen LogP contribution in [0, 0.1) is 5.82 Å². The van der Waals surface area contributed by atoms with E-state index in [-0.39, 0.29) is 5.91 Å². The molecule has 3 aliphatic rings. The summed E-state index contributed by atoms with van der Waals surface area (Å²) in [5.41, 5.74) is 2.39. The Morgan fingerprint density at radius 3 is 2.50 bits per heavy atom. The number of carbonyl (C=O) groups is 1. The number of amides is 1. The molecule has 1 saturated heterocycles. The van der Waals surface area contributed by atoms with Gasteiger partial charge in [-0.05, 0) is 31.0 Å². The maximum absolute atomic E-state index is 13.6. The summed E-state index contributed by atoms with van der Waals surface area (Å²) in [6, 6.07) is 6.66. The first-order valence-corrected chi connectivity index (χ1v) is 12.6. The SMILES string of the molecule is CN(C)c1nc(N2CCN(C3CCCCC3)CC2)nc2c1CN(C(=O)c1cccc(F)c1)CC2. The van der Waals surface area contributed by atoms with Gasteiger partial charge in [-0.15, -0.1) is 0 Å². The predicted octanol–water partition coefficient (Wildman–Crippen LogP) is 3.33. The van der Waals surface area contributed by atoms with E-state index < -0.39 is 5.82 Å². The number of halogens is 1. The first kappa shape index (κ1) is 23.0. The molecule has 2 fully saturated rings. The summed E-state index contributed by atoms with van der Waals surface area (Å²) in [6.07, 6.45) is 7.47. The van der Waals surface area contributed by atoms with Crippen molar-refractivity contribution in [2.24, 2.45) is 0 Å². The highest BCUT2D eigenvalue weighted by molar-refractivity contribution is 5.94. The number of carbonyl (C=O) groups excluding carboxylic acids is 1. The molecule has 0 atom stereocenters. The molecule has 7 nitrogen and oxygen atoms in total. The summed E-state index contributed by atoms with van der Waals surface area (Å²) in [5.74, 6) is 1.12. The first-order chi connectivity index (χ1) is 16.5. The average Bonchev–Trinajstić information content (AvgIpc) is 2.88. The summed E-state index contributed by atoms with van der Waals surface area (Å²) in [4.78, 5) is 31.7. The lowest BCUT2D eigenvalue weighted by atomic mass is 9.94. The van der Waals surface area contributed by atoms with Crippen LogP contribution in [0.1, 0.15) is 53.7 Å². The maximum Gasteiger partial charge on any atom is 0.254 e. The van der Waals surface area contributed by atoms with Gasteiger partial charge in [0.05, 0.1) is 12.2 Å². The lowest BCUT2D eigenvalue weighted by Crippen LogP contribution is -2.51. The molecule has 8 heteroatoms. The summed E-state index contributed by atoms with van der Waals surface area (Å²) in [7, 11) is 3.97. The average molecular weight is 467 g/mol. The van der Waals surface area contributed by atoms with Gasteiger partial charge in [-0.25, -0.2) is 9.37 Å². The second-order valence-corrected chi connectivity index (χ2v) is 9.97. The van der Waals surface area contributed by atoms with Crippen LogP contribution in [-0.4, -0.2) is 78.5 Å². The van der Waals surface area contributed by atoms with Gasteiger partial charge in [0, 0.05) is 70.4 Å². The fourth-order valence-electron chi connectivity index (χ4n) is 5.61. The Bertz CT molecular complexity index is 1030. The van der Waals surface area contributed by atoms with E-state index in [0.29, 0.717) is 25.1 Å². The van der Waals surface area contributed by atoms with Crippen LogP contribution in [0.25, 0.3) is 0 Å². The Morgan fingerprint density at radius 2 is 1.79 bits per heavy atom. The molecule has 0 bridgehead atoms. The zero-order chi connectivity index (χ0) is 23.7. The van der Waals surface area contributed by atoms with E-state index in [9.17, 15) is 9.18 Å². The number of rotatable bonds is 4. The van der Waals surface area contributed by atoms with Crippen molar-refractivity contribution in [1.82, 2.24) is 19.8 Å². The van der Waals surface area contributed by atoms with Gasteiger partial charge in [-0.3, -0.25) is 9.69 Å². The minimum Gasteiger partial charge on any atom is -0.362 e. The van der Waals surface area contributed by atoms with Gasteiger partial charge < -0.3 is 14.7 Å². The first-order valence-electron chi connectivity index (χ1n) is 12.6. The fourth-order valence-corrected chi connectivity index (χ4v) is 5.61. The summed E-state index contributed by atoms with van der Waals surface area (Å²) in [6.45, 7) is 5.05. The third-order valence-corrected chi connectivity index (χ3v) is 7.50. The molecule has 3 heterocycles. The molecule has 1 saturated carbocycles. The molecule has 0 unspecified atom stereocenters. The predicted molar refractivity (Wildman–Crippen MR) is 132 cm³/mol. The molecule has 2 aliphatic heterocycles. The number of piperazine rings is 1. The van der Waals surface area contributed by atoms with Gasteiger partial charge in [-0.1, -0.05) is 25.3 Å². The third-order valence-electron chi connectivity index (χ3n) is 7.50. The quantitative estimate of drug-likeness (QED) is 0.689. The van der Waals surface area contributed by atoms with Gasteiger partial charge in [0.1, 0.15) is 11.6 Å². The van der Waals surface area contributed by atoms with Gasteiger partial charge in [-0.2, -0.15) is 4.98 Å². The van der Waals surface area contributed by atoms with E-state index in [2.05, 4.69) is 9.80 Å². The van der Waals surface area contributed by atoms with E-state index in [0.717, 1.165) is 55.2 Å². The van der Waals surface area contributed by atoms with E-state index in [4.69, 9.17) is 9.97 Å². The number of hydrogen-bond acceptors (Lipinski definition) is 6. The molecule has 0 spiro atoms. The molecule has 0 N–H and O–H groups in total. The number of nitrogens with zero attached hydrogens (tertiary/aromatic N) is 6. The van der Waals surface area contributed by atoms with Crippen LogP contribution in [0.4, 0.5) is 16.2 Å². The van der Waals surface area contributed by atoms with Crippen LogP contribution in [0.3, 0.4) is 0 Å². The number of benzene rings is 1. The Hall–Kier alpha value is -2.74. The molecule has 182 valence electrons. The lowest BCUT2D eigenvalue weighted by Gasteiger charge is -2.41. The van der Waals surface area contributed by atoms with Crippen molar-refractivity contribution in [3.8, 4) is 0 Å². The van der Waals surface area contributed by atoms with Crippen LogP contribution in [-0.2, 0) is 13.0 Å². The molecule has 1 aromatic carbocycles. The van der Waals surface area contributed by atoms with E-state index in [1.165, 1.54) is 44.2 Å². The Morgan fingerprint density at radius 1 is 1.03 bits per heavy atom. The van der Waals surface area contributed by atoms with Crippen LogP contribution in [0.15, 0.2) is 24.3 Å². The largest absolute Gasteiger partial charge is 0.362 e. The van der Waals surface area contributed by atoms with Gasteiger partial charge in [0.15, 0.2) is 0 Å². The lowest BCUT2D eigenvalue weighted by molar-refractivity contribution is 0.0733. The summed E-state index contributed by atoms with van der Waals surface area (Å²) >= 11 is 0. The normalized spacial score (nSPS) is 19.7. The van der Waals surface area contributed by atoms with Crippen LogP contribution in [0.2, 0.25) is 0 Å². The smallest absolute Gasteiger partial charge is 0.254 e. The Kier molecular flexibility index (Phi) is 6.68. The number of hydrogen-bond donors (Lipinski definition) is 0. The van der Waals surface area contributed by atoms with E-state index >= 15 is 0 Å². The maximum atomic E-state index is 13.6. The zero-order valence-corrected chi connectivity index (χ0v) is 20.3. The second-order valence-electron chi connectivity index (χ2n) is 9.97. The standard InChI is InChI=1S/C26H35FN6O/c1-30(2)24-22-18-33(25(34)19-7-6-8-20(27)17-19)12-11-23(22)28-26(29-24)32-15-13-31(14-16-32)21-9-4-3-5-10-21/h6-8,17,21H,3-5,9-16,18H2,1-2H3. The zero-order valence-electron chi connectivity index (χ0n) is 20.3. The summed E-state index contributed by atoms with van der Waals surface area (Å²) in [5, 5.41) is 0. The molecule has 1 amide bonds. The minimum absolute atomic E-state index is 0.155. The molecular formula is C26H35FN6O. The van der Waals surface area contributed by atoms with Gasteiger partial charge >= 0.3 is 0 Å². The van der Waals surface area contributed by atoms with Crippen LogP contribution >= 0.6 is 0 Å². The van der Waals surface area contributed by atoms with Crippen molar-refractivity contribution >= 4 is 17.7 Å². The van der Waals surface area contributed by atoms with Crippen molar-refractivity contribution < 1.29 is 9.18 Å². The molecule has 5 rings (SSSR count). The summed E-state index contributed by atoms with van der Waals surface area (Å²) < 4.78 is 13.6. The van der Waals surface area contributed by atoms with Crippen molar-refractivity contribution in [1.29, 1.82) is 0 Å². The highest BCUT2D eigenvalue weighted by atomic mass is 19.1. The fraction of sp³-hybridized carbons (Fsp3) is 0.577. The molecule has 1 aromatic heterocycles. The highest BCUT2D eigenvalue weighted by Gasteiger charge is 2.30. The monoisotopic (exact) mass is 466 g/mol. The number of anilines is 2. The highest BCUT2D eigenvalue weighted by Crippen LogP contribution is 2.30. The van der Waals surface area contributed by atoms with E-state index in [1.807, 2.05) is 19.0 Å². The van der Waals surface area contributed by atoms with Crippen molar-refractivity contribution in [3.05, 3.63) is 46.9 Å². The van der Waals surface area contributed by atoms with Crippen LogP contribution in [0.5, 0.6) is 0 Å². The Labute approximate surface area is 201 Å². The van der Waals surface area contributed by atoms with Crippen molar-refractivity contribution in [2.75, 3.05) is 56.6 Å². The van der Waals surface area contributed by atoms with Crippen molar-refractivity contribution in [3.63, 3.8) is 0 Å². The molecular weight excluding hydrogens is 431 g/mol. The molecule has 1 aliphatic carbocycles. The third kappa shape index (κ3) is 4.73. The second kappa shape index (κ2) is 9.86. The van der Waals surface area contributed by atoms with Gasteiger partial charge in [0.25, 0.3) is 5.91 Å². The Balaban J connectivity index is 1.32. The molecule has 2 aromatic rings. The van der Waals surface area contributed by atoms with Crippen molar-refractivity contribution in [2.45, 2.75) is 51.1 Å². The van der Waals surface area contributed by atoms with Gasteiger partial charge in [0.2, 0.25) is 5.95 Å². The minimum atomic E-state index is -0.395. The number of fused-ring (bicyclic) bond motifs is 1. The number of aromatic nitrogens is 2. The topological polar surface area (TPSA) is 55.8 Å².